The van der Waals surface area contributed by atoms with Gasteiger partial charge in [-0.3, -0.25) is 0 Å². The van der Waals surface area contributed by atoms with Gasteiger partial charge in [-0.2, -0.15) is 0 Å². The molecule has 1 aromatic carbocycles. The summed E-state index contributed by atoms with van der Waals surface area (Å²) >= 11 is 4.67. The summed E-state index contributed by atoms with van der Waals surface area (Å²) in [5.74, 6) is -0.894. The van der Waals surface area contributed by atoms with Crippen molar-refractivity contribution in [3.63, 3.8) is 0 Å². The first-order valence-electron chi connectivity index (χ1n) is 6.25. The summed E-state index contributed by atoms with van der Waals surface area (Å²) in [7, 11) is 0. The Balaban J connectivity index is 2.34. The Morgan fingerprint density at radius 2 is 1.90 bits per heavy atom. The third kappa shape index (κ3) is 3.46. The van der Waals surface area contributed by atoms with E-state index >= 15 is 0 Å². The van der Waals surface area contributed by atoms with Gasteiger partial charge in [-0.1, -0.05) is 48.8 Å². The van der Waals surface area contributed by atoms with Gasteiger partial charge in [0.05, 0.1) is 10.7 Å². The van der Waals surface area contributed by atoms with Gasteiger partial charge in [0.1, 0.15) is 4.88 Å². The molecule has 0 bridgehead atoms. The van der Waals surface area contributed by atoms with E-state index in [0.29, 0.717) is 17.0 Å². The normalized spacial score (nSPS) is 11.6. The minimum absolute atomic E-state index is 0.262. The molecule has 1 aromatic heterocycles. The molecule has 20 heavy (non-hydrogen) atoms. The lowest BCUT2D eigenvalue weighted by atomic mass is 9.91. The summed E-state index contributed by atoms with van der Waals surface area (Å²) in [5.41, 5.74) is 1.53. The van der Waals surface area contributed by atoms with E-state index in [1.165, 1.54) is 11.3 Å². The summed E-state index contributed by atoms with van der Waals surface area (Å²) in [6.07, 6.45) is 0.661. The highest BCUT2D eigenvalue weighted by atomic mass is 79.9. The topological polar surface area (TPSA) is 50.2 Å². The maximum absolute atomic E-state index is 11.3. The minimum atomic E-state index is -0.894. The van der Waals surface area contributed by atoms with Crippen LogP contribution in [0.15, 0.2) is 28.7 Å². The molecule has 5 heteroatoms. The van der Waals surface area contributed by atoms with Crippen molar-refractivity contribution in [3.8, 4) is 0 Å². The van der Waals surface area contributed by atoms with Crippen LogP contribution in [0.2, 0.25) is 0 Å². The van der Waals surface area contributed by atoms with Crippen LogP contribution in [0.3, 0.4) is 0 Å². The quantitative estimate of drug-likeness (QED) is 0.883. The van der Waals surface area contributed by atoms with Crippen LogP contribution in [0.4, 0.5) is 0 Å². The molecule has 1 N–H and O–H groups in total. The number of aromatic carboxylic acids is 1. The second kappa shape index (κ2) is 5.66. The van der Waals surface area contributed by atoms with Crippen molar-refractivity contribution >= 4 is 33.2 Å². The Labute approximate surface area is 130 Å². The molecule has 2 rings (SSSR count). The van der Waals surface area contributed by atoms with E-state index in [4.69, 9.17) is 0 Å². The largest absolute Gasteiger partial charge is 0.477 e. The van der Waals surface area contributed by atoms with Gasteiger partial charge >= 0.3 is 5.97 Å². The Morgan fingerprint density at radius 3 is 2.35 bits per heavy atom. The fourth-order valence-corrected chi connectivity index (χ4v) is 3.28. The molecule has 0 aliphatic rings. The van der Waals surface area contributed by atoms with E-state index in [1.54, 1.807) is 0 Å². The number of benzene rings is 1. The van der Waals surface area contributed by atoms with Gasteiger partial charge in [0, 0.05) is 16.3 Å². The Kier molecular flexibility index (Phi) is 4.30. The van der Waals surface area contributed by atoms with Crippen molar-refractivity contribution in [1.29, 1.82) is 0 Å². The van der Waals surface area contributed by atoms with Crippen LogP contribution >= 0.6 is 27.3 Å². The third-order valence-corrected chi connectivity index (χ3v) is 4.42. The van der Waals surface area contributed by atoms with Crippen LogP contribution in [-0.4, -0.2) is 16.1 Å². The van der Waals surface area contributed by atoms with Gasteiger partial charge < -0.3 is 5.11 Å². The number of carbonyl (C=O) groups is 1. The molecule has 0 aliphatic carbocycles. The summed E-state index contributed by atoms with van der Waals surface area (Å²) in [4.78, 5) is 16.2. The summed E-state index contributed by atoms with van der Waals surface area (Å²) in [6, 6.07) is 7.99. The molecule has 1 heterocycles. The van der Waals surface area contributed by atoms with Crippen molar-refractivity contribution in [2.45, 2.75) is 32.6 Å². The molecule has 2 aromatic rings. The molecule has 0 saturated carbocycles. The Morgan fingerprint density at radius 1 is 1.30 bits per heavy atom. The zero-order valence-corrected chi connectivity index (χ0v) is 14.0. The van der Waals surface area contributed by atoms with Gasteiger partial charge in [0.2, 0.25) is 0 Å². The number of nitrogens with zero attached hydrogens (tertiary/aromatic N) is 1. The number of carboxylic acids is 1. The fraction of sp³-hybridized carbons (Fsp3) is 0.333. The molecular weight excluding hydrogens is 338 g/mol. The van der Waals surface area contributed by atoms with Gasteiger partial charge in [-0.05, 0) is 17.7 Å². The first-order chi connectivity index (χ1) is 9.27. The molecule has 0 spiro atoms. The number of halogens is 1. The average molecular weight is 354 g/mol. The van der Waals surface area contributed by atoms with Crippen molar-refractivity contribution in [2.75, 3.05) is 0 Å². The highest BCUT2D eigenvalue weighted by Gasteiger charge is 2.26. The molecule has 0 unspecified atom stereocenters. The number of rotatable bonds is 3. The predicted molar refractivity (Wildman–Crippen MR) is 84.7 cm³/mol. The molecule has 3 nitrogen and oxygen atoms in total. The molecule has 0 amide bonds. The van der Waals surface area contributed by atoms with Crippen molar-refractivity contribution in [1.82, 2.24) is 4.98 Å². The van der Waals surface area contributed by atoms with E-state index in [0.717, 1.165) is 15.0 Å². The number of thiazole rings is 1. The first kappa shape index (κ1) is 15.2. The summed E-state index contributed by atoms with van der Waals surface area (Å²) in [5, 5.41) is 10.2. The first-order valence-corrected chi connectivity index (χ1v) is 7.86. The molecule has 0 saturated heterocycles. The molecular formula is C15H16BrNO2S. The number of hydrogen-bond acceptors (Lipinski definition) is 3. The summed E-state index contributed by atoms with van der Waals surface area (Å²) < 4.78 is 1.03. The van der Waals surface area contributed by atoms with Gasteiger partial charge in [0.15, 0.2) is 0 Å². The molecule has 0 aliphatic heterocycles. The lowest BCUT2D eigenvalue weighted by Crippen LogP contribution is -2.16. The van der Waals surface area contributed by atoms with Crippen LogP contribution < -0.4 is 0 Å². The number of hydrogen-bond donors (Lipinski definition) is 1. The highest BCUT2D eigenvalue weighted by Crippen LogP contribution is 2.30. The molecule has 0 atom stereocenters. The highest BCUT2D eigenvalue weighted by molar-refractivity contribution is 9.10. The number of aromatic nitrogens is 1. The van der Waals surface area contributed by atoms with Gasteiger partial charge in [-0.25, -0.2) is 9.78 Å². The van der Waals surface area contributed by atoms with Crippen LogP contribution in [0.25, 0.3) is 0 Å². The zero-order valence-electron chi connectivity index (χ0n) is 11.6. The SMILES string of the molecule is CC(C)(C)c1nc(Cc2ccc(Br)cc2)sc1C(=O)O. The third-order valence-electron chi connectivity index (χ3n) is 2.84. The maximum atomic E-state index is 11.3. The monoisotopic (exact) mass is 353 g/mol. The maximum Gasteiger partial charge on any atom is 0.347 e. The summed E-state index contributed by atoms with van der Waals surface area (Å²) in [6.45, 7) is 5.95. The van der Waals surface area contributed by atoms with E-state index in [-0.39, 0.29) is 5.41 Å². The average Bonchev–Trinajstić information content (AvgIpc) is 2.76. The smallest absolute Gasteiger partial charge is 0.347 e. The van der Waals surface area contributed by atoms with Crippen molar-refractivity contribution in [3.05, 3.63) is 49.9 Å². The van der Waals surface area contributed by atoms with Crippen LogP contribution in [0.1, 0.15) is 46.7 Å². The van der Waals surface area contributed by atoms with E-state index < -0.39 is 5.97 Å². The van der Waals surface area contributed by atoms with Crippen LogP contribution in [0, 0.1) is 0 Å². The van der Waals surface area contributed by atoms with Crippen LogP contribution in [0.5, 0.6) is 0 Å². The standard InChI is InChI=1S/C15H16BrNO2S/c1-15(2,3)13-12(14(18)19)20-11(17-13)8-9-4-6-10(16)7-5-9/h4-7H,8H2,1-3H3,(H,18,19). The van der Waals surface area contributed by atoms with E-state index in [9.17, 15) is 9.90 Å². The van der Waals surface area contributed by atoms with Crippen molar-refractivity contribution in [2.24, 2.45) is 0 Å². The second-order valence-electron chi connectivity index (χ2n) is 5.64. The number of carboxylic acid groups (broad SMARTS) is 1. The minimum Gasteiger partial charge on any atom is -0.477 e. The van der Waals surface area contributed by atoms with Gasteiger partial charge in [0.25, 0.3) is 0 Å². The van der Waals surface area contributed by atoms with Gasteiger partial charge in [-0.15, -0.1) is 11.3 Å². The predicted octanol–water partition coefficient (Wildman–Crippen LogP) is 4.49. The zero-order chi connectivity index (χ0) is 14.9. The lowest BCUT2D eigenvalue weighted by molar-refractivity contribution is 0.0699. The lowest BCUT2D eigenvalue weighted by Gasteiger charge is -2.16. The Hall–Kier alpha value is -1.20. The molecule has 0 fully saturated rings. The fourth-order valence-electron chi connectivity index (χ4n) is 1.87. The molecule has 0 radical (unpaired) electrons. The van der Waals surface area contributed by atoms with Crippen LogP contribution in [-0.2, 0) is 11.8 Å². The second-order valence-corrected chi connectivity index (χ2v) is 7.64. The molecule has 106 valence electrons. The Bertz CT molecular complexity index is 626. The van der Waals surface area contributed by atoms with E-state index in [2.05, 4.69) is 20.9 Å². The van der Waals surface area contributed by atoms with E-state index in [1.807, 2.05) is 45.0 Å². The van der Waals surface area contributed by atoms with Crippen molar-refractivity contribution < 1.29 is 9.90 Å².